The van der Waals surface area contributed by atoms with E-state index in [1.807, 2.05) is 33.8 Å². The SMILES string of the molecule is CCNCc1ccc(S(=O)(=O)NC(C)(CC)CC)s1. The van der Waals surface area contributed by atoms with Crippen LogP contribution in [0.2, 0.25) is 0 Å². The van der Waals surface area contributed by atoms with Crippen LogP contribution in [0.25, 0.3) is 0 Å². The Kier molecular flexibility index (Phi) is 5.98. The molecule has 0 aliphatic heterocycles. The van der Waals surface area contributed by atoms with Crippen molar-refractivity contribution in [2.24, 2.45) is 0 Å². The lowest BCUT2D eigenvalue weighted by Crippen LogP contribution is -2.44. The smallest absolute Gasteiger partial charge is 0.250 e. The first-order chi connectivity index (χ1) is 8.87. The zero-order valence-corrected chi connectivity index (χ0v) is 13.7. The lowest BCUT2D eigenvalue weighted by Gasteiger charge is -2.27. The van der Waals surface area contributed by atoms with Gasteiger partial charge >= 0.3 is 0 Å². The van der Waals surface area contributed by atoms with E-state index in [-0.39, 0.29) is 5.54 Å². The first kappa shape index (κ1) is 16.6. The van der Waals surface area contributed by atoms with Crippen LogP contribution < -0.4 is 10.0 Å². The van der Waals surface area contributed by atoms with Crippen LogP contribution in [0.4, 0.5) is 0 Å². The van der Waals surface area contributed by atoms with Crippen LogP contribution in [0, 0.1) is 0 Å². The molecule has 2 N–H and O–H groups in total. The molecule has 110 valence electrons. The van der Waals surface area contributed by atoms with Gasteiger partial charge in [0.1, 0.15) is 4.21 Å². The molecule has 19 heavy (non-hydrogen) atoms. The van der Waals surface area contributed by atoms with Crippen molar-refractivity contribution in [1.82, 2.24) is 10.0 Å². The zero-order chi connectivity index (χ0) is 14.5. The fraction of sp³-hybridized carbons (Fsp3) is 0.692. The van der Waals surface area contributed by atoms with E-state index in [4.69, 9.17) is 0 Å². The van der Waals surface area contributed by atoms with Crippen molar-refractivity contribution in [1.29, 1.82) is 0 Å². The maximum absolute atomic E-state index is 12.3. The highest BCUT2D eigenvalue weighted by Gasteiger charge is 2.28. The van der Waals surface area contributed by atoms with E-state index in [2.05, 4.69) is 10.0 Å². The summed E-state index contributed by atoms with van der Waals surface area (Å²) in [6.45, 7) is 9.56. The van der Waals surface area contributed by atoms with E-state index in [1.165, 1.54) is 11.3 Å². The second-order valence-corrected chi connectivity index (χ2v) is 7.95. The Morgan fingerprint density at radius 2 is 1.84 bits per heavy atom. The minimum atomic E-state index is -3.41. The molecule has 1 aromatic heterocycles. The van der Waals surface area contributed by atoms with Gasteiger partial charge in [0.2, 0.25) is 0 Å². The largest absolute Gasteiger partial charge is 0.312 e. The Hall–Kier alpha value is -0.430. The van der Waals surface area contributed by atoms with Crippen LogP contribution in [0.3, 0.4) is 0 Å². The maximum atomic E-state index is 12.3. The minimum absolute atomic E-state index is 0.370. The summed E-state index contributed by atoms with van der Waals surface area (Å²) in [5.41, 5.74) is -0.370. The molecular formula is C13H24N2O2S2. The molecule has 0 saturated heterocycles. The monoisotopic (exact) mass is 304 g/mol. The second-order valence-electron chi connectivity index (χ2n) is 4.87. The molecule has 0 unspecified atom stereocenters. The number of hydrogen-bond donors (Lipinski definition) is 2. The van der Waals surface area contributed by atoms with Gasteiger partial charge in [-0.15, -0.1) is 11.3 Å². The van der Waals surface area contributed by atoms with Crippen molar-refractivity contribution < 1.29 is 8.42 Å². The summed E-state index contributed by atoms with van der Waals surface area (Å²) >= 11 is 1.33. The summed E-state index contributed by atoms with van der Waals surface area (Å²) in [7, 11) is -3.41. The molecule has 0 saturated carbocycles. The second kappa shape index (κ2) is 6.83. The van der Waals surface area contributed by atoms with Crippen molar-refractivity contribution in [3.8, 4) is 0 Å². The van der Waals surface area contributed by atoms with E-state index in [9.17, 15) is 8.42 Å². The molecular weight excluding hydrogens is 280 g/mol. The summed E-state index contributed by atoms with van der Waals surface area (Å²) in [6.07, 6.45) is 1.55. The van der Waals surface area contributed by atoms with Crippen LogP contribution in [-0.2, 0) is 16.6 Å². The quantitative estimate of drug-likeness (QED) is 0.776. The van der Waals surface area contributed by atoms with Crippen molar-refractivity contribution in [3.05, 3.63) is 17.0 Å². The van der Waals surface area contributed by atoms with E-state index >= 15 is 0 Å². The summed E-state index contributed by atoms with van der Waals surface area (Å²) in [5, 5.41) is 3.20. The zero-order valence-electron chi connectivity index (χ0n) is 12.1. The number of thiophene rings is 1. The maximum Gasteiger partial charge on any atom is 0.250 e. The van der Waals surface area contributed by atoms with Crippen LogP contribution >= 0.6 is 11.3 Å². The van der Waals surface area contributed by atoms with Gasteiger partial charge in [-0.2, -0.15) is 0 Å². The van der Waals surface area contributed by atoms with Gasteiger partial charge in [0, 0.05) is 17.0 Å². The summed E-state index contributed by atoms with van der Waals surface area (Å²) in [4.78, 5) is 1.04. The third-order valence-electron chi connectivity index (χ3n) is 3.39. The van der Waals surface area contributed by atoms with Crippen LogP contribution in [0.1, 0.15) is 45.4 Å². The topological polar surface area (TPSA) is 58.2 Å². The van der Waals surface area contributed by atoms with Crippen molar-refractivity contribution in [2.45, 2.75) is 56.8 Å². The molecule has 1 aromatic rings. The predicted molar refractivity (Wildman–Crippen MR) is 81.0 cm³/mol. The average Bonchev–Trinajstić information content (AvgIpc) is 2.85. The molecule has 1 heterocycles. The number of rotatable bonds is 8. The summed E-state index contributed by atoms with van der Waals surface area (Å²) in [5.74, 6) is 0. The first-order valence-electron chi connectivity index (χ1n) is 6.70. The number of nitrogens with one attached hydrogen (secondary N) is 2. The molecule has 0 bridgehead atoms. The fourth-order valence-electron chi connectivity index (χ4n) is 1.61. The highest BCUT2D eigenvalue weighted by Crippen LogP contribution is 2.24. The molecule has 0 fully saturated rings. The fourth-order valence-corrected chi connectivity index (χ4v) is 4.49. The van der Waals surface area contributed by atoms with Crippen LogP contribution in [0.5, 0.6) is 0 Å². The molecule has 0 amide bonds. The Bertz CT molecular complexity index is 490. The molecule has 0 aliphatic rings. The van der Waals surface area contributed by atoms with Crippen LogP contribution in [0.15, 0.2) is 16.3 Å². The Labute approximate surface area is 120 Å². The highest BCUT2D eigenvalue weighted by molar-refractivity contribution is 7.91. The van der Waals surface area contributed by atoms with Gasteiger partial charge in [-0.1, -0.05) is 20.8 Å². The third-order valence-corrected chi connectivity index (χ3v) is 6.61. The molecule has 0 aromatic carbocycles. The highest BCUT2D eigenvalue weighted by atomic mass is 32.2. The van der Waals surface area contributed by atoms with E-state index < -0.39 is 10.0 Å². The Morgan fingerprint density at radius 1 is 1.21 bits per heavy atom. The molecule has 0 aliphatic carbocycles. The van der Waals surface area contributed by atoms with Gasteiger partial charge in [0.25, 0.3) is 10.0 Å². The number of sulfonamides is 1. The van der Waals surface area contributed by atoms with E-state index in [0.29, 0.717) is 4.21 Å². The molecule has 0 spiro atoms. The Balaban J connectivity index is 2.85. The molecule has 0 radical (unpaired) electrons. The number of hydrogen-bond acceptors (Lipinski definition) is 4. The van der Waals surface area contributed by atoms with E-state index in [0.717, 1.165) is 30.8 Å². The molecule has 4 nitrogen and oxygen atoms in total. The van der Waals surface area contributed by atoms with Crippen LogP contribution in [-0.4, -0.2) is 20.5 Å². The first-order valence-corrected chi connectivity index (χ1v) is 9.00. The molecule has 6 heteroatoms. The minimum Gasteiger partial charge on any atom is -0.312 e. The lowest BCUT2D eigenvalue weighted by molar-refractivity contribution is 0.389. The van der Waals surface area contributed by atoms with Crippen molar-refractivity contribution in [2.75, 3.05) is 6.54 Å². The van der Waals surface area contributed by atoms with Gasteiger partial charge in [-0.05, 0) is 38.4 Å². The molecule has 1 rings (SSSR count). The average molecular weight is 304 g/mol. The van der Waals surface area contributed by atoms with Crippen molar-refractivity contribution in [3.63, 3.8) is 0 Å². The van der Waals surface area contributed by atoms with E-state index in [1.54, 1.807) is 6.07 Å². The van der Waals surface area contributed by atoms with Crippen molar-refractivity contribution >= 4 is 21.4 Å². The van der Waals surface area contributed by atoms with Gasteiger partial charge in [-0.3, -0.25) is 0 Å². The van der Waals surface area contributed by atoms with Gasteiger partial charge in [0.15, 0.2) is 0 Å². The molecule has 0 atom stereocenters. The Morgan fingerprint density at radius 3 is 2.37 bits per heavy atom. The van der Waals surface area contributed by atoms with Gasteiger partial charge in [-0.25, -0.2) is 13.1 Å². The lowest BCUT2D eigenvalue weighted by atomic mass is 9.98. The summed E-state index contributed by atoms with van der Waals surface area (Å²) < 4.78 is 27.9. The predicted octanol–water partition coefficient (Wildman–Crippen LogP) is 2.71. The normalized spacial score (nSPS) is 12.8. The standard InChI is InChI=1S/C13H24N2O2S2/c1-5-13(4,6-2)15-19(16,17)12-9-8-11(18-12)10-14-7-3/h8-9,14-15H,5-7,10H2,1-4H3. The van der Waals surface area contributed by atoms with Gasteiger partial charge < -0.3 is 5.32 Å². The third kappa shape index (κ3) is 4.56. The summed E-state index contributed by atoms with van der Waals surface area (Å²) in [6, 6.07) is 3.56. The van der Waals surface area contributed by atoms with Gasteiger partial charge in [0.05, 0.1) is 0 Å².